The molecule has 1 aliphatic rings. The van der Waals surface area contributed by atoms with Crippen LogP contribution >= 0.6 is 0 Å². The second-order valence-corrected chi connectivity index (χ2v) is 5.60. The average Bonchev–Trinajstić information content (AvgIpc) is 2.92. The molecule has 1 aliphatic heterocycles. The Bertz CT molecular complexity index is 454. The number of nitrogens with one attached hydrogen (secondary N) is 1. The van der Waals surface area contributed by atoms with Gasteiger partial charge in [0.25, 0.3) is 0 Å². The number of amides is 2. The van der Waals surface area contributed by atoms with Gasteiger partial charge in [-0.3, -0.25) is 0 Å². The maximum absolute atomic E-state index is 12.1. The van der Waals surface area contributed by atoms with Gasteiger partial charge in [-0.2, -0.15) is 0 Å². The summed E-state index contributed by atoms with van der Waals surface area (Å²) in [4.78, 5) is 14.0. The molecule has 0 spiro atoms. The van der Waals surface area contributed by atoms with Crippen LogP contribution in [0, 0.1) is 0 Å². The van der Waals surface area contributed by atoms with E-state index in [4.69, 9.17) is 4.74 Å². The minimum Gasteiger partial charge on any atom is -0.491 e. The summed E-state index contributed by atoms with van der Waals surface area (Å²) in [7, 11) is 0. The molecule has 4 nitrogen and oxygen atoms in total. The first kappa shape index (κ1) is 14.7. The summed E-state index contributed by atoms with van der Waals surface area (Å²) in [5, 5.41) is 3.05. The molecule has 0 aromatic heterocycles. The molecule has 1 aromatic carbocycles. The van der Waals surface area contributed by atoms with E-state index >= 15 is 0 Å². The van der Waals surface area contributed by atoms with Crippen molar-refractivity contribution in [1.29, 1.82) is 0 Å². The zero-order valence-electron chi connectivity index (χ0n) is 12.6. The highest BCUT2D eigenvalue weighted by atomic mass is 16.5. The van der Waals surface area contributed by atoms with Crippen LogP contribution in [0.25, 0.3) is 0 Å². The molecule has 0 aliphatic carbocycles. The number of ether oxygens (including phenoxy) is 1. The molecular formula is C16H24N2O2. The van der Waals surface area contributed by atoms with Crippen LogP contribution in [-0.4, -0.2) is 30.1 Å². The molecule has 0 saturated carbocycles. The molecule has 1 heterocycles. The number of nitrogens with zero attached hydrogens (tertiary/aromatic N) is 1. The van der Waals surface area contributed by atoms with E-state index in [0.29, 0.717) is 0 Å². The molecule has 1 aromatic rings. The number of hydrogen-bond donors (Lipinski definition) is 1. The summed E-state index contributed by atoms with van der Waals surface area (Å²) in [5.74, 6) is 0.847. The van der Waals surface area contributed by atoms with Crippen LogP contribution in [-0.2, 0) is 0 Å². The van der Waals surface area contributed by atoms with Gasteiger partial charge in [0.1, 0.15) is 5.75 Å². The fourth-order valence-electron chi connectivity index (χ4n) is 2.41. The van der Waals surface area contributed by atoms with E-state index in [-0.39, 0.29) is 18.2 Å². The van der Waals surface area contributed by atoms with Crippen molar-refractivity contribution >= 4 is 6.03 Å². The maximum atomic E-state index is 12.1. The zero-order chi connectivity index (χ0) is 14.5. The number of urea groups is 1. The summed E-state index contributed by atoms with van der Waals surface area (Å²) in [5.41, 5.74) is 1.07. The molecule has 1 fully saturated rings. The van der Waals surface area contributed by atoms with Crippen LogP contribution in [0.1, 0.15) is 45.2 Å². The van der Waals surface area contributed by atoms with Crippen molar-refractivity contribution in [3.63, 3.8) is 0 Å². The van der Waals surface area contributed by atoms with Crippen LogP contribution in [0.5, 0.6) is 5.75 Å². The van der Waals surface area contributed by atoms with Crippen molar-refractivity contribution in [2.24, 2.45) is 0 Å². The summed E-state index contributed by atoms with van der Waals surface area (Å²) < 4.78 is 5.69. The lowest BCUT2D eigenvalue weighted by molar-refractivity contribution is 0.205. The lowest BCUT2D eigenvalue weighted by atomic mass is 10.1. The molecule has 4 heteroatoms. The first-order valence-electron chi connectivity index (χ1n) is 7.38. The third kappa shape index (κ3) is 3.89. The Labute approximate surface area is 121 Å². The van der Waals surface area contributed by atoms with Crippen LogP contribution in [0.15, 0.2) is 24.3 Å². The third-order valence-corrected chi connectivity index (χ3v) is 3.46. The Morgan fingerprint density at radius 1 is 1.25 bits per heavy atom. The van der Waals surface area contributed by atoms with E-state index < -0.39 is 0 Å². The standard InChI is InChI=1S/C16H24N2O2/c1-12(2)20-15-8-6-7-14(11-15)13(3)17-16(19)18-9-4-5-10-18/h6-8,11-13H,4-5,9-10H2,1-3H3,(H,17,19). The van der Waals surface area contributed by atoms with Crippen molar-refractivity contribution in [1.82, 2.24) is 10.2 Å². The Morgan fingerprint density at radius 3 is 2.60 bits per heavy atom. The van der Waals surface area contributed by atoms with Gasteiger partial charge in [-0.1, -0.05) is 12.1 Å². The number of carbonyl (C=O) groups is 1. The molecule has 20 heavy (non-hydrogen) atoms. The molecule has 1 atom stereocenters. The molecule has 1 unspecified atom stereocenters. The van der Waals surface area contributed by atoms with Crippen LogP contribution < -0.4 is 10.1 Å². The zero-order valence-corrected chi connectivity index (χ0v) is 12.6. The molecular weight excluding hydrogens is 252 g/mol. The van der Waals surface area contributed by atoms with Gasteiger partial charge in [0.15, 0.2) is 0 Å². The number of hydrogen-bond acceptors (Lipinski definition) is 2. The summed E-state index contributed by atoms with van der Waals surface area (Å²) in [6.45, 7) is 7.75. The van der Waals surface area contributed by atoms with Gasteiger partial charge in [-0.05, 0) is 51.3 Å². The second kappa shape index (κ2) is 6.64. The molecule has 0 radical (unpaired) electrons. The summed E-state index contributed by atoms with van der Waals surface area (Å²) >= 11 is 0. The minimum absolute atomic E-state index is 0.0150. The molecule has 1 saturated heterocycles. The van der Waals surface area contributed by atoms with Gasteiger partial charge in [0.2, 0.25) is 0 Å². The van der Waals surface area contributed by atoms with E-state index in [1.165, 1.54) is 0 Å². The molecule has 2 rings (SSSR count). The predicted molar refractivity (Wildman–Crippen MR) is 80.0 cm³/mol. The molecule has 2 amide bonds. The van der Waals surface area contributed by atoms with Crippen LogP contribution in [0.4, 0.5) is 4.79 Å². The van der Waals surface area contributed by atoms with Crippen LogP contribution in [0.2, 0.25) is 0 Å². The Hall–Kier alpha value is -1.71. The van der Waals surface area contributed by atoms with Gasteiger partial charge >= 0.3 is 6.03 Å². The smallest absolute Gasteiger partial charge is 0.317 e. The van der Waals surface area contributed by atoms with Crippen LogP contribution in [0.3, 0.4) is 0 Å². The van der Waals surface area contributed by atoms with E-state index in [2.05, 4.69) is 5.32 Å². The highest BCUT2D eigenvalue weighted by Gasteiger charge is 2.19. The van der Waals surface area contributed by atoms with E-state index in [1.807, 2.05) is 49.9 Å². The molecule has 1 N–H and O–H groups in total. The highest BCUT2D eigenvalue weighted by molar-refractivity contribution is 5.75. The van der Waals surface area contributed by atoms with Gasteiger partial charge in [-0.25, -0.2) is 4.79 Å². The fraction of sp³-hybridized carbons (Fsp3) is 0.562. The fourth-order valence-corrected chi connectivity index (χ4v) is 2.41. The van der Waals surface area contributed by atoms with Gasteiger partial charge in [-0.15, -0.1) is 0 Å². The van der Waals surface area contributed by atoms with E-state index in [9.17, 15) is 4.79 Å². The Morgan fingerprint density at radius 2 is 1.95 bits per heavy atom. The van der Waals surface area contributed by atoms with Gasteiger partial charge < -0.3 is 15.0 Å². The monoisotopic (exact) mass is 276 g/mol. The number of likely N-dealkylation sites (tertiary alicyclic amines) is 1. The first-order valence-corrected chi connectivity index (χ1v) is 7.38. The lowest BCUT2D eigenvalue weighted by Crippen LogP contribution is -2.39. The normalized spacial score (nSPS) is 16.3. The number of carbonyl (C=O) groups excluding carboxylic acids is 1. The summed E-state index contributed by atoms with van der Waals surface area (Å²) in [6.07, 6.45) is 2.37. The lowest BCUT2D eigenvalue weighted by Gasteiger charge is -2.21. The minimum atomic E-state index is -0.0150. The largest absolute Gasteiger partial charge is 0.491 e. The van der Waals surface area contributed by atoms with Gasteiger partial charge in [0, 0.05) is 13.1 Å². The van der Waals surface area contributed by atoms with Crippen molar-refractivity contribution < 1.29 is 9.53 Å². The second-order valence-electron chi connectivity index (χ2n) is 5.60. The third-order valence-electron chi connectivity index (χ3n) is 3.46. The molecule has 0 bridgehead atoms. The van der Waals surface area contributed by atoms with E-state index in [0.717, 1.165) is 37.2 Å². The van der Waals surface area contributed by atoms with Crippen molar-refractivity contribution in [3.8, 4) is 5.75 Å². The predicted octanol–water partition coefficient (Wildman–Crippen LogP) is 3.34. The van der Waals surface area contributed by atoms with E-state index in [1.54, 1.807) is 0 Å². The van der Waals surface area contributed by atoms with Crippen molar-refractivity contribution in [2.75, 3.05) is 13.1 Å². The van der Waals surface area contributed by atoms with Crippen molar-refractivity contribution in [3.05, 3.63) is 29.8 Å². The molecule has 110 valence electrons. The first-order chi connectivity index (χ1) is 9.56. The van der Waals surface area contributed by atoms with Gasteiger partial charge in [0.05, 0.1) is 12.1 Å². The summed E-state index contributed by atoms with van der Waals surface area (Å²) in [6, 6.07) is 7.94. The highest BCUT2D eigenvalue weighted by Crippen LogP contribution is 2.20. The SMILES string of the molecule is CC(C)Oc1cccc(C(C)NC(=O)N2CCCC2)c1. The Kier molecular flexibility index (Phi) is 4.88. The number of rotatable bonds is 4. The average molecular weight is 276 g/mol. The maximum Gasteiger partial charge on any atom is 0.317 e. The Balaban J connectivity index is 1.97. The topological polar surface area (TPSA) is 41.6 Å². The quantitative estimate of drug-likeness (QED) is 0.916. The number of benzene rings is 1. The van der Waals surface area contributed by atoms with Crippen molar-refractivity contribution in [2.45, 2.75) is 45.8 Å².